The summed E-state index contributed by atoms with van der Waals surface area (Å²) in [4.78, 5) is 4.92. The van der Waals surface area contributed by atoms with Crippen LogP contribution in [0.1, 0.15) is 234 Å². The van der Waals surface area contributed by atoms with Crippen LogP contribution in [0, 0.1) is 6.33 Å². The highest BCUT2D eigenvalue weighted by Gasteiger charge is 2.39. The molecule has 87 heavy (non-hydrogen) atoms. The highest BCUT2D eigenvalue weighted by atomic mass is 16.5. The van der Waals surface area contributed by atoms with E-state index in [0.29, 0.717) is 11.3 Å². The van der Waals surface area contributed by atoms with Crippen molar-refractivity contribution in [3.8, 4) is 62.1 Å². The Labute approximate surface area is 571 Å². The first kappa shape index (κ1) is 28.9. The van der Waals surface area contributed by atoms with E-state index in [-0.39, 0.29) is 44.5 Å². The fraction of sp³-hybridized carbons (Fsp3) is 0.341. The first-order valence-electron chi connectivity index (χ1n) is 47.5. The largest absolute Gasteiger partial charge is 0.458 e. The zero-order valence-electron chi connectivity index (χ0n) is 87.5. The molecule has 0 amide bonds. The molecular formula is C82H88N4O. The molecule has 5 heteroatoms. The van der Waals surface area contributed by atoms with Gasteiger partial charge in [0.15, 0.2) is 0 Å². The van der Waals surface area contributed by atoms with Crippen LogP contribution in [0.15, 0.2) is 176 Å². The van der Waals surface area contributed by atoms with Crippen LogP contribution in [0.4, 0.5) is 0 Å². The van der Waals surface area contributed by atoms with Gasteiger partial charge in [0.2, 0.25) is 0 Å². The van der Waals surface area contributed by atoms with Crippen LogP contribution in [-0.4, -0.2) is 14.1 Å². The van der Waals surface area contributed by atoms with Crippen LogP contribution in [0.2, 0.25) is 0 Å². The Hall–Kier alpha value is -8.02. The number of hydrogen-bond donors (Lipinski definition) is 0. The van der Waals surface area contributed by atoms with Gasteiger partial charge in [-0.05, 0) is 190 Å². The summed E-state index contributed by atoms with van der Waals surface area (Å²) in [5.41, 5.74) is -25.6. The van der Waals surface area contributed by atoms with Crippen molar-refractivity contribution in [2.24, 2.45) is 0 Å². The van der Waals surface area contributed by atoms with Crippen molar-refractivity contribution in [1.29, 1.82) is 0 Å². The summed E-state index contributed by atoms with van der Waals surface area (Å²) in [6.07, 6.45) is -14.4. The molecule has 3 aromatic heterocycles. The molecule has 13 rings (SSSR count). The lowest BCUT2D eigenvalue weighted by atomic mass is 9.62. The number of imidazole rings is 1. The van der Waals surface area contributed by atoms with Crippen molar-refractivity contribution >= 4 is 32.8 Å². The van der Waals surface area contributed by atoms with E-state index in [9.17, 15) is 19.2 Å². The number of hydrogen-bond acceptors (Lipinski definition) is 2. The van der Waals surface area contributed by atoms with Crippen molar-refractivity contribution in [3.05, 3.63) is 221 Å². The van der Waals surface area contributed by atoms with Crippen LogP contribution in [0.5, 0.6) is 11.5 Å². The molecule has 0 unspecified atom stereocenters. The van der Waals surface area contributed by atoms with Gasteiger partial charge in [0.25, 0.3) is 6.33 Å². The van der Waals surface area contributed by atoms with Gasteiger partial charge in [0.1, 0.15) is 17.3 Å². The Kier molecular flexibility index (Phi) is 6.73. The lowest BCUT2D eigenvalue weighted by Crippen LogP contribution is -2.34. The maximum atomic E-state index is 10.5. The Balaban J connectivity index is 1.15. The highest BCUT2D eigenvalue weighted by molar-refractivity contribution is 6.11. The van der Waals surface area contributed by atoms with E-state index in [1.54, 1.807) is 24.4 Å². The number of fused-ring (bicyclic) bond motifs is 6. The van der Waals surface area contributed by atoms with Gasteiger partial charge in [-0.3, -0.25) is 13.7 Å². The molecule has 0 saturated heterocycles. The highest BCUT2D eigenvalue weighted by Crippen LogP contribution is 2.50. The summed E-state index contributed by atoms with van der Waals surface area (Å²) >= 11 is 0. The average Bonchev–Trinajstić information content (AvgIpc) is 0.854. The molecular weight excluding hydrogens is 1060 g/mol. The number of nitrogens with zero attached hydrogens (tertiary/aromatic N) is 4. The topological polar surface area (TPSA) is 35.9 Å². The second kappa shape index (κ2) is 20.3. The van der Waals surface area contributed by atoms with Crippen molar-refractivity contribution in [1.82, 2.24) is 14.1 Å². The van der Waals surface area contributed by atoms with Crippen LogP contribution < -0.4 is 9.30 Å². The second-order valence-corrected chi connectivity index (χ2v) is 25.8. The number of ether oxygens (including phenoxy) is 1. The molecule has 0 spiro atoms. The van der Waals surface area contributed by atoms with E-state index >= 15 is 0 Å². The Morgan fingerprint density at radius 2 is 1.07 bits per heavy atom. The van der Waals surface area contributed by atoms with Gasteiger partial charge in [-0.15, -0.1) is 0 Å². The molecule has 0 aliphatic heterocycles. The molecule has 0 N–H and O–H groups in total. The van der Waals surface area contributed by atoms with Crippen LogP contribution >= 0.6 is 0 Å². The SMILES string of the molecule is [2H]c1c([2H])c2c(c([2H])c1-c1cccc(-c3c([2H])c([2H])c4c(c3[2H])C(C([2H])([2H])[2H])(C([2H])([2H])[2H])C([2H])([2H])C([2H])([2H])C4(C([2H])([2H])[2H])C([2H])([2H])[2H])c1-[n+]1[c-]n(-c3cccc(Oc4ccc5c6cc(-c7cc(C(C)(C)C)cc(C(C)(C)C)c7)ccc6n(-c6cc(C(C)(C)C)ccn6)c5c4)c3)c3ccccc31)C(C([2H])([2H])[2H])(C([2H])([2H])[2H])C([2H])([2H])C([2H])([2H])C2(C([2H])([2H])[2H])C([2H])([2H])[2H]. The summed E-state index contributed by atoms with van der Waals surface area (Å²) in [5, 5.41) is 1.69. The first-order valence-corrected chi connectivity index (χ1v) is 28.5. The lowest BCUT2D eigenvalue weighted by molar-refractivity contribution is -0.571. The fourth-order valence-electron chi connectivity index (χ4n) is 11.4. The first-order chi connectivity index (χ1) is 56.6. The molecule has 0 atom stereocenters. The Morgan fingerprint density at radius 3 is 1.67 bits per heavy atom. The molecule has 442 valence electrons. The number of para-hydroxylation sites is 3. The summed E-state index contributed by atoms with van der Waals surface area (Å²) < 4.78 is 366. The average molecular weight is 1180 g/mol. The normalized spacial score (nSPS) is 26.2. The van der Waals surface area contributed by atoms with E-state index in [0.717, 1.165) is 66.9 Å². The minimum atomic E-state index is -4.86. The standard InChI is InChI=1S/C82H88N4O/c1-76(2,3)56-36-41-83-74(48-56)86-70-35-30-52(55-42-57(77(4,5)6)47-58(43-55)78(7,8)9)44-65(70)64-32-31-61(50-73(64)86)87-60-23-20-22-59(49-60)84-51-85(72-27-19-18-26-71(72)84)75-62(53-28-33-66-68(45-53)81(14,15)39-37-79(66,10)11)24-21-25-63(75)54-29-34-67-69(46-54)82(16,17)40-38-80(67,12)13/h18-36,41-50H,37-40H2,1-17H3/i10D3,11D3,12D3,13D3,14D3,15D3,16D3,17D3,28D,29D,33D,34D,37D2,38D2,39D2,40D2,45D,46D. The number of pyridine rings is 1. The summed E-state index contributed by atoms with van der Waals surface area (Å²) in [5.74, 6) is 0.989. The molecule has 0 radical (unpaired) electrons. The van der Waals surface area contributed by atoms with E-state index in [4.69, 9.17) is 42.6 Å². The van der Waals surface area contributed by atoms with Gasteiger partial charge in [0.05, 0.1) is 41.7 Å². The quantitative estimate of drug-likeness (QED) is 0.112. The van der Waals surface area contributed by atoms with Gasteiger partial charge < -0.3 is 4.74 Å². The molecule has 0 saturated carbocycles. The van der Waals surface area contributed by atoms with E-state index in [2.05, 4.69) is 99.0 Å². The monoisotopic (exact) mass is 1180 g/mol. The van der Waals surface area contributed by atoms with E-state index in [1.165, 1.54) is 41.0 Å². The van der Waals surface area contributed by atoms with E-state index in [1.807, 2.05) is 34.9 Å². The lowest BCUT2D eigenvalue weighted by Gasteiger charge is -2.42. The third kappa shape index (κ3) is 10.3. The molecule has 8 aromatic carbocycles. The summed E-state index contributed by atoms with van der Waals surface area (Å²) in [6.45, 7) is -17.2. The van der Waals surface area contributed by atoms with E-state index < -0.39 is 188 Å². The maximum absolute atomic E-state index is 10.5. The van der Waals surface area contributed by atoms with Crippen LogP contribution in [-0.2, 0) is 37.9 Å². The van der Waals surface area contributed by atoms with Gasteiger partial charge >= 0.3 is 0 Å². The van der Waals surface area contributed by atoms with Gasteiger partial charge in [-0.2, -0.15) is 0 Å². The number of benzene rings is 8. The second-order valence-electron chi connectivity index (χ2n) is 25.8. The predicted molar refractivity (Wildman–Crippen MR) is 365 cm³/mol. The molecule has 2 aliphatic rings. The molecule has 3 heterocycles. The minimum Gasteiger partial charge on any atom is -0.458 e. The van der Waals surface area contributed by atoms with Gasteiger partial charge in [-0.1, -0.05) is 226 Å². The zero-order chi connectivity index (χ0) is 93.9. The minimum absolute atomic E-state index is 0.0480. The summed E-state index contributed by atoms with van der Waals surface area (Å²) in [7, 11) is 0. The van der Waals surface area contributed by atoms with Gasteiger partial charge in [0, 0.05) is 66.9 Å². The molecule has 11 aromatic rings. The van der Waals surface area contributed by atoms with Crippen LogP contribution in [0.3, 0.4) is 0 Å². The Bertz CT molecular complexity index is 5980. The zero-order valence-corrected chi connectivity index (χ0v) is 49.5. The molecule has 0 fully saturated rings. The molecule has 2 aliphatic carbocycles. The Morgan fingerprint density at radius 1 is 0.494 bits per heavy atom. The summed E-state index contributed by atoms with van der Waals surface area (Å²) in [6, 6.07) is 26.6. The third-order valence-electron chi connectivity index (χ3n) is 16.3. The predicted octanol–water partition coefficient (Wildman–Crippen LogP) is 21.6. The fourth-order valence-corrected chi connectivity index (χ4v) is 11.4. The van der Waals surface area contributed by atoms with Crippen molar-refractivity contribution in [2.75, 3.05) is 0 Å². The van der Waals surface area contributed by atoms with Gasteiger partial charge in [-0.25, -0.2) is 4.98 Å². The van der Waals surface area contributed by atoms with Crippen LogP contribution in [0.25, 0.3) is 83.4 Å². The third-order valence-corrected chi connectivity index (χ3v) is 16.3. The smallest absolute Gasteiger partial charge is 0.269 e. The van der Waals surface area contributed by atoms with Crippen molar-refractivity contribution < 1.29 is 61.4 Å². The number of rotatable bonds is 8. The van der Waals surface area contributed by atoms with Crippen molar-refractivity contribution in [2.45, 2.75) is 181 Å². The molecule has 0 bridgehead atoms. The maximum Gasteiger partial charge on any atom is 0.269 e. The molecule has 5 nitrogen and oxygen atoms in total. The number of aromatic nitrogens is 4. The van der Waals surface area contributed by atoms with Crippen molar-refractivity contribution in [3.63, 3.8) is 0 Å².